The van der Waals surface area contributed by atoms with Crippen molar-refractivity contribution in [2.24, 2.45) is 0 Å². The highest BCUT2D eigenvalue weighted by molar-refractivity contribution is 7.36. The Morgan fingerprint density at radius 3 is 2.74 bits per heavy atom. The molecule has 1 aromatic heterocycles. The molecule has 31 heavy (non-hydrogen) atoms. The van der Waals surface area contributed by atoms with Crippen LogP contribution in [0.1, 0.15) is 32.9 Å². The molecule has 14 heteroatoms. The minimum absolute atomic E-state index is 0.0928. The number of hydrogen-bond donors (Lipinski definition) is 2. The van der Waals surface area contributed by atoms with Crippen LogP contribution in [0.4, 0.5) is 4.39 Å². The van der Waals surface area contributed by atoms with Crippen LogP contribution in [0.15, 0.2) is 21.9 Å². The highest BCUT2D eigenvalue weighted by Gasteiger charge is 2.58. The second-order valence-corrected chi connectivity index (χ2v) is 8.31. The highest BCUT2D eigenvalue weighted by atomic mass is 31.1. The third-order valence-electron chi connectivity index (χ3n) is 4.82. The van der Waals surface area contributed by atoms with Crippen molar-refractivity contribution < 1.29 is 37.3 Å². The van der Waals surface area contributed by atoms with E-state index in [1.54, 1.807) is 0 Å². The molecular weight excluding hydrogens is 440 g/mol. The van der Waals surface area contributed by atoms with E-state index in [9.17, 15) is 23.7 Å². The van der Waals surface area contributed by atoms with Gasteiger partial charge in [0.05, 0.1) is 6.61 Å². The number of nitrogens with zero attached hydrogens (tertiary/aromatic N) is 1. The van der Waals surface area contributed by atoms with Crippen LogP contribution in [0.5, 0.6) is 0 Å². The number of H-pyrrole nitrogens is 1. The summed E-state index contributed by atoms with van der Waals surface area (Å²) in [6, 6.07) is 0.0677. The van der Waals surface area contributed by atoms with Gasteiger partial charge in [0, 0.05) is 18.7 Å². The molecule has 1 aromatic rings. The number of carbonyl (C=O) groups excluding carboxylic acids is 2. The molecule has 2 fully saturated rings. The second kappa shape index (κ2) is 9.35. The Balaban J connectivity index is 1.88. The lowest BCUT2D eigenvalue weighted by atomic mass is 9.98. The van der Waals surface area contributed by atoms with Crippen molar-refractivity contribution >= 4 is 20.1 Å². The zero-order valence-corrected chi connectivity index (χ0v) is 17.6. The van der Waals surface area contributed by atoms with Gasteiger partial charge in [0.25, 0.3) is 5.56 Å². The summed E-state index contributed by atoms with van der Waals surface area (Å²) in [5.41, 5.74) is -4.00. The van der Waals surface area contributed by atoms with Crippen LogP contribution < -0.4 is 16.3 Å². The monoisotopic (exact) mass is 462 g/mol. The number of alkyl halides is 1. The van der Waals surface area contributed by atoms with Crippen LogP contribution in [0.25, 0.3) is 0 Å². The summed E-state index contributed by atoms with van der Waals surface area (Å²) in [5.74, 6) is -1.46. The zero-order valence-electron chi connectivity index (χ0n) is 16.7. The highest BCUT2D eigenvalue weighted by Crippen LogP contribution is 2.43. The van der Waals surface area contributed by atoms with Gasteiger partial charge in [-0.2, -0.15) is 0 Å². The third-order valence-corrected chi connectivity index (χ3v) is 5.80. The van der Waals surface area contributed by atoms with Gasteiger partial charge in [-0.3, -0.25) is 23.9 Å². The van der Waals surface area contributed by atoms with E-state index in [1.807, 2.05) is 4.98 Å². The summed E-state index contributed by atoms with van der Waals surface area (Å²) in [5, 5.41) is 2.41. The van der Waals surface area contributed by atoms with Gasteiger partial charge < -0.3 is 14.2 Å². The van der Waals surface area contributed by atoms with Gasteiger partial charge in [-0.15, -0.1) is 4.52 Å². The van der Waals surface area contributed by atoms with Crippen molar-refractivity contribution in [3.63, 3.8) is 0 Å². The van der Waals surface area contributed by atoms with Crippen LogP contribution in [0, 0.1) is 0 Å². The number of esters is 2. The fraction of sp³-hybridized carbons (Fsp3) is 0.647. The Morgan fingerprint density at radius 1 is 1.29 bits per heavy atom. The van der Waals surface area contributed by atoms with Crippen molar-refractivity contribution in [2.75, 3.05) is 13.2 Å². The van der Waals surface area contributed by atoms with Gasteiger partial charge in [-0.25, -0.2) is 9.18 Å². The van der Waals surface area contributed by atoms with Gasteiger partial charge in [0.1, 0.15) is 18.8 Å². The number of ether oxygens (including phenoxy) is 3. The molecule has 0 spiro atoms. The number of cyclic esters (lactones) is 1. The van der Waals surface area contributed by atoms with E-state index < -0.39 is 68.1 Å². The van der Waals surface area contributed by atoms with E-state index in [2.05, 4.69) is 5.09 Å². The van der Waals surface area contributed by atoms with Crippen molar-refractivity contribution in [3.8, 4) is 0 Å². The van der Waals surface area contributed by atoms with E-state index in [1.165, 1.54) is 6.92 Å². The predicted octanol–water partition coefficient (Wildman–Crippen LogP) is 0.0631. The average Bonchev–Trinajstić information content (AvgIpc) is 2.93. The first kappa shape index (κ1) is 23.2. The van der Waals surface area contributed by atoms with Gasteiger partial charge in [0.15, 0.2) is 18.0 Å². The minimum Gasteiger partial charge on any atom is -0.464 e. The lowest BCUT2D eigenvalue weighted by Gasteiger charge is -2.27. The SMILES string of the molecule is C[C@@H]1N[P+](=O)OC[C@H]2O[C@@H](n3ccc(=O)[nH]c3=O)[C@](C)(F)[C@@H]2OC(=O)CCCOC1=O. The van der Waals surface area contributed by atoms with Crippen molar-refractivity contribution in [3.05, 3.63) is 33.1 Å². The molecule has 6 atom stereocenters. The van der Waals surface area contributed by atoms with Crippen LogP contribution in [0.3, 0.4) is 0 Å². The van der Waals surface area contributed by atoms with Crippen molar-refractivity contribution in [1.29, 1.82) is 0 Å². The average molecular weight is 462 g/mol. The first-order valence-electron chi connectivity index (χ1n) is 9.48. The number of aromatic amines is 1. The molecule has 0 saturated carbocycles. The van der Waals surface area contributed by atoms with Crippen molar-refractivity contribution in [1.82, 2.24) is 14.6 Å². The maximum atomic E-state index is 15.8. The Kier molecular flexibility index (Phi) is 6.99. The van der Waals surface area contributed by atoms with E-state index in [-0.39, 0.29) is 19.4 Å². The van der Waals surface area contributed by atoms with Crippen LogP contribution in [-0.2, 0) is 32.9 Å². The number of fused-ring (bicyclic) bond motifs is 1. The fourth-order valence-electron chi connectivity index (χ4n) is 3.25. The summed E-state index contributed by atoms with van der Waals surface area (Å²) < 4.78 is 49.7. The largest absolute Gasteiger partial charge is 0.613 e. The maximum Gasteiger partial charge on any atom is 0.613 e. The lowest BCUT2D eigenvalue weighted by molar-refractivity contribution is -0.159. The molecule has 2 saturated heterocycles. The summed E-state index contributed by atoms with van der Waals surface area (Å²) >= 11 is 0. The van der Waals surface area contributed by atoms with E-state index in [0.29, 0.717) is 0 Å². The molecule has 2 N–H and O–H groups in total. The lowest BCUT2D eigenvalue weighted by Crippen LogP contribution is -2.46. The van der Waals surface area contributed by atoms with Crippen LogP contribution >= 0.6 is 8.18 Å². The molecule has 0 bridgehead atoms. The second-order valence-electron chi connectivity index (χ2n) is 7.28. The van der Waals surface area contributed by atoms with Crippen LogP contribution in [-0.4, -0.2) is 58.6 Å². The molecule has 0 aliphatic carbocycles. The number of rotatable bonds is 1. The molecule has 0 amide bonds. The van der Waals surface area contributed by atoms with Gasteiger partial charge in [-0.1, -0.05) is 5.09 Å². The number of carbonyl (C=O) groups is 2. The topological polar surface area (TPSA) is 155 Å². The first-order valence-corrected chi connectivity index (χ1v) is 10.7. The van der Waals surface area contributed by atoms with E-state index >= 15 is 4.39 Å². The summed E-state index contributed by atoms with van der Waals surface area (Å²) in [6.07, 6.45) is -3.27. The summed E-state index contributed by atoms with van der Waals surface area (Å²) in [7, 11) is -2.57. The molecule has 0 aromatic carbocycles. The zero-order chi connectivity index (χ0) is 22.8. The Hall–Kier alpha value is -2.47. The Bertz CT molecular complexity index is 978. The number of nitrogens with one attached hydrogen (secondary N) is 2. The fourth-order valence-corrected chi connectivity index (χ4v) is 4.02. The molecule has 0 radical (unpaired) electrons. The molecule has 3 heterocycles. The smallest absolute Gasteiger partial charge is 0.464 e. The predicted molar refractivity (Wildman–Crippen MR) is 101 cm³/mol. The summed E-state index contributed by atoms with van der Waals surface area (Å²) in [4.78, 5) is 49.5. The quantitative estimate of drug-likeness (QED) is 0.432. The molecule has 2 aliphatic rings. The normalized spacial score (nSPS) is 34.4. The first-order chi connectivity index (χ1) is 14.6. The van der Waals surface area contributed by atoms with Crippen molar-refractivity contribution in [2.45, 2.75) is 56.8 Å². The summed E-state index contributed by atoms with van der Waals surface area (Å²) in [6.45, 7) is 1.93. The maximum absolute atomic E-state index is 15.8. The third kappa shape index (κ3) is 5.24. The van der Waals surface area contributed by atoms with E-state index in [4.69, 9.17) is 18.7 Å². The standard InChI is InChI=1S/C17H21FN3O9P/c1-9-14(24)27-7-3-4-12(23)30-13-10(8-28-31(26)20-9)29-15(17(13,2)18)21-6-5-11(22)19-16(21)25/h5-6,9-10,13,15H,3-4,7-8H2,1-2H3,(H-,19,20,22,25,26)/p+1/t9-,10+,13+,15+,17+/m0/s1. The Labute approximate surface area is 175 Å². The number of hydrogen-bond acceptors (Lipinski definition) is 9. The molecule has 2 aliphatic heterocycles. The van der Waals surface area contributed by atoms with E-state index in [0.717, 1.165) is 23.8 Å². The minimum atomic E-state index is -2.57. The number of halogens is 1. The Morgan fingerprint density at radius 2 is 2.03 bits per heavy atom. The van der Waals surface area contributed by atoms with Crippen LogP contribution in [0.2, 0.25) is 0 Å². The molecule has 170 valence electrons. The number of aromatic nitrogens is 2. The molecule has 1 unspecified atom stereocenters. The molecule has 3 rings (SSSR count). The van der Waals surface area contributed by atoms with Gasteiger partial charge in [-0.05, 0) is 24.8 Å². The van der Waals surface area contributed by atoms with Gasteiger partial charge in [0.2, 0.25) is 0 Å². The molecular formula is C17H22FN3O9P+. The van der Waals surface area contributed by atoms with Gasteiger partial charge >= 0.3 is 25.8 Å². The molecule has 12 nitrogen and oxygen atoms in total.